The third kappa shape index (κ3) is 4.41. The van der Waals surface area contributed by atoms with Gasteiger partial charge >= 0.3 is 6.09 Å². The van der Waals surface area contributed by atoms with E-state index in [0.717, 1.165) is 11.8 Å². The normalized spacial score (nSPS) is 23.1. The number of carbonyl (C=O) groups is 3. The summed E-state index contributed by atoms with van der Waals surface area (Å²) < 4.78 is 5.22. The van der Waals surface area contributed by atoms with Crippen LogP contribution >= 0.6 is 0 Å². The number of ether oxygens (including phenoxy) is 1. The first kappa shape index (κ1) is 17.2. The molecule has 1 amide bonds. The minimum absolute atomic E-state index is 0.0549. The SMILES string of the molecule is CC1(C)[C@H](CC=O)CC(=O)C[C@H]1NC(=O)OCc1ccccc1. The zero-order chi connectivity index (χ0) is 16.9. The molecule has 0 heterocycles. The Balaban J connectivity index is 1.95. The maximum atomic E-state index is 12.0. The number of nitrogens with one attached hydrogen (secondary N) is 1. The summed E-state index contributed by atoms with van der Waals surface area (Å²) in [7, 11) is 0. The fourth-order valence-corrected chi connectivity index (χ4v) is 3.04. The Labute approximate surface area is 136 Å². The Bertz CT molecular complexity index is 568. The van der Waals surface area contributed by atoms with Crippen molar-refractivity contribution in [3.8, 4) is 0 Å². The fraction of sp³-hybridized carbons (Fsp3) is 0.500. The van der Waals surface area contributed by atoms with Gasteiger partial charge in [0.1, 0.15) is 18.7 Å². The average molecular weight is 317 g/mol. The van der Waals surface area contributed by atoms with Gasteiger partial charge in [0.05, 0.1) is 0 Å². The van der Waals surface area contributed by atoms with Gasteiger partial charge in [-0.1, -0.05) is 44.2 Å². The van der Waals surface area contributed by atoms with E-state index in [1.807, 2.05) is 44.2 Å². The molecule has 5 heteroatoms. The predicted molar refractivity (Wildman–Crippen MR) is 85.7 cm³/mol. The number of rotatable bonds is 5. The van der Waals surface area contributed by atoms with Crippen molar-refractivity contribution in [3.05, 3.63) is 35.9 Å². The van der Waals surface area contributed by atoms with Crippen LogP contribution in [0.4, 0.5) is 4.79 Å². The third-order valence-corrected chi connectivity index (χ3v) is 4.74. The van der Waals surface area contributed by atoms with Gasteiger partial charge in [-0.25, -0.2) is 4.79 Å². The van der Waals surface area contributed by atoms with Crippen LogP contribution in [0.25, 0.3) is 0 Å². The van der Waals surface area contributed by atoms with Gasteiger partial charge in [-0.05, 0) is 16.9 Å². The van der Waals surface area contributed by atoms with Crippen molar-refractivity contribution in [2.45, 2.75) is 45.8 Å². The number of hydrogen-bond acceptors (Lipinski definition) is 4. The monoisotopic (exact) mass is 317 g/mol. The quantitative estimate of drug-likeness (QED) is 0.848. The zero-order valence-electron chi connectivity index (χ0n) is 13.6. The van der Waals surface area contributed by atoms with Gasteiger partial charge in [-0.2, -0.15) is 0 Å². The van der Waals surface area contributed by atoms with E-state index in [4.69, 9.17) is 4.74 Å². The lowest BCUT2D eigenvalue weighted by molar-refractivity contribution is -0.126. The molecule has 0 bridgehead atoms. The molecule has 23 heavy (non-hydrogen) atoms. The van der Waals surface area contributed by atoms with Crippen LogP contribution in [0.2, 0.25) is 0 Å². The van der Waals surface area contributed by atoms with Crippen molar-refractivity contribution >= 4 is 18.2 Å². The second kappa shape index (κ2) is 7.40. The number of amides is 1. The molecule has 124 valence electrons. The molecular formula is C18H23NO4. The largest absolute Gasteiger partial charge is 0.445 e. The van der Waals surface area contributed by atoms with Gasteiger partial charge < -0.3 is 14.8 Å². The van der Waals surface area contributed by atoms with E-state index >= 15 is 0 Å². The maximum absolute atomic E-state index is 12.0. The predicted octanol–water partition coefficient (Wildman–Crippen LogP) is 2.88. The second-order valence-corrected chi connectivity index (χ2v) is 6.63. The topological polar surface area (TPSA) is 72.5 Å². The first-order valence-electron chi connectivity index (χ1n) is 7.86. The van der Waals surface area contributed by atoms with Crippen molar-refractivity contribution in [1.29, 1.82) is 0 Å². The van der Waals surface area contributed by atoms with E-state index in [0.29, 0.717) is 12.8 Å². The summed E-state index contributed by atoms with van der Waals surface area (Å²) in [6, 6.07) is 9.08. The molecule has 0 saturated heterocycles. The molecule has 0 aliphatic heterocycles. The molecule has 1 aliphatic carbocycles. The third-order valence-electron chi connectivity index (χ3n) is 4.74. The Morgan fingerprint density at radius 1 is 1.30 bits per heavy atom. The number of alkyl carbamates (subject to hydrolysis) is 1. The molecule has 1 saturated carbocycles. The highest BCUT2D eigenvalue weighted by molar-refractivity contribution is 5.82. The number of benzene rings is 1. The van der Waals surface area contributed by atoms with Crippen molar-refractivity contribution in [3.63, 3.8) is 0 Å². The van der Waals surface area contributed by atoms with E-state index < -0.39 is 6.09 Å². The van der Waals surface area contributed by atoms with Crippen molar-refractivity contribution in [2.24, 2.45) is 11.3 Å². The van der Waals surface area contributed by atoms with E-state index in [1.165, 1.54) is 0 Å². The van der Waals surface area contributed by atoms with E-state index in [1.54, 1.807) is 0 Å². The Morgan fingerprint density at radius 3 is 2.65 bits per heavy atom. The molecule has 2 atom stereocenters. The van der Waals surface area contributed by atoms with Crippen LogP contribution in [0.1, 0.15) is 38.7 Å². The molecule has 1 aromatic rings. The highest BCUT2D eigenvalue weighted by atomic mass is 16.5. The van der Waals surface area contributed by atoms with Crippen molar-refractivity contribution < 1.29 is 19.1 Å². The van der Waals surface area contributed by atoms with Crippen molar-refractivity contribution in [2.75, 3.05) is 0 Å². The highest BCUT2D eigenvalue weighted by Crippen LogP contribution is 2.41. The average Bonchev–Trinajstić information content (AvgIpc) is 2.51. The lowest BCUT2D eigenvalue weighted by Gasteiger charge is -2.43. The summed E-state index contributed by atoms with van der Waals surface area (Å²) in [4.78, 5) is 34.8. The molecule has 1 N–H and O–H groups in total. The van der Waals surface area contributed by atoms with Gasteiger partial charge in [0.2, 0.25) is 0 Å². The van der Waals surface area contributed by atoms with Gasteiger partial charge in [-0.3, -0.25) is 4.79 Å². The minimum Gasteiger partial charge on any atom is -0.445 e. The van der Waals surface area contributed by atoms with E-state index in [-0.39, 0.29) is 36.2 Å². The Kier molecular flexibility index (Phi) is 5.53. The summed E-state index contributed by atoms with van der Waals surface area (Å²) in [5, 5.41) is 2.80. The number of carbonyl (C=O) groups excluding carboxylic acids is 3. The van der Waals surface area contributed by atoms with Crippen LogP contribution in [0.5, 0.6) is 0 Å². The van der Waals surface area contributed by atoms with E-state index in [2.05, 4.69) is 5.32 Å². The van der Waals surface area contributed by atoms with Gasteiger partial charge in [-0.15, -0.1) is 0 Å². The minimum atomic E-state index is -0.536. The maximum Gasteiger partial charge on any atom is 0.407 e. The van der Waals surface area contributed by atoms with Gasteiger partial charge in [0.25, 0.3) is 0 Å². The molecular weight excluding hydrogens is 294 g/mol. The molecule has 0 radical (unpaired) electrons. The lowest BCUT2D eigenvalue weighted by atomic mass is 9.64. The van der Waals surface area contributed by atoms with Crippen LogP contribution in [-0.4, -0.2) is 24.2 Å². The first-order chi connectivity index (χ1) is 10.9. The first-order valence-corrected chi connectivity index (χ1v) is 7.86. The lowest BCUT2D eigenvalue weighted by Crippen LogP contribution is -2.53. The molecule has 0 spiro atoms. The van der Waals surface area contributed by atoms with Crippen LogP contribution in [0.15, 0.2) is 30.3 Å². The van der Waals surface area contributed by atoms with Crippen LogP contribution < -0.4 is 5.32 Å². The Morgan fingerprint density at radius 2 is 2.00 bits per heavy atom. The Hall–Kier alpha value is -2.17. The van der Waals surface area contributed by atoms with Crippen LogP contribution in [-0.2, 0) is 20.9 Å². The van der Waals surface area contributed by atoms with Crippen LogP contribution in [0, 0.1) is 11.3 Å². The second-order valence-electron chi connectivity index (χ2n) is 6.63. The summed E-state index contributed by atoms with van der Waals surface area (Å²) in [6.45, 7) is 4.15. The number of hydrogen-bond donors (Lipinski definition) is 1. The highest BCUT2D eigenvalue weighted by Gasteiger charge is 2.43. The standard InChI is InChI=1S/C18H23NO4/c1-18(2)14(8-9-20)10-15(21)11-16(18)19-17(22)23-12-13-6-4-3-5-7-13/h3-7,9,14,16H,8,10-12H2,1-2H3,(H,19,22)/t14-,16-/m1/s1. The molecule has 1 fully saturated rings. The number of ketones is 1. The summed E-state index contributed by atoms with van der Waals surface area (Å²) in [5.41, 5.74) is 0.570. The van der Waals surface area contributed by atoms with Crippen molar-refractivity contribution in [1.82, 2.24) is 5.32 Å². The zero-order valence-corrected chi connectivity index (χ0v) is 13.6. The van der Waals surface area contributed by atoms with E-state index in [9.17, 15) is 14.4 Å². The fourth-order valence-electron chi connectivity index (χ4n) is 3.04. The summed E-state index contributed by atoms with van der Waals surface area (Å²) >= 11 is 0. The molecule has 5 nitrogen and oxygen atoms in total. The molecule has 0 unspecified atom stereocenters. The summed E-state index contributed by atoms with van der Waals surface area (Å²) in [6.07, 6.45) is 1.31. The summed E-state index contributed by atoms with van der Waals surface area (Å²) in [5.74, 6) is 0.0187. The molecule has 1 aliphatic rings. The number of Topliss-reactive ketones (excluding diaryl/α,β-unsaturated/α-hetero) is 1. The van der Waals surface area contributed by atoms with Gasteiger partial charge in [0.15, 0.2) is 0 Å². The van der Waals surface area contributed by atoms with Crippen LogP contribution in [0.3, 0.4) is 0 Å². The molecule has 0 aromatic heterocycles. The smallest absolute Gasteiger partial charge is 0.407 e. The molecule has 1 aromatic carbocycles. The molecule has 2 rings (SSSR count). The number of aldehydes is 1. The van der Waals surface area contributed by atoms with Gasteiger partial charge in [0, 0.05) is 25.3 Å².